The van der Waals surface area contributed by atoms with Crippen molar-refractivity contribution >= 4 is 5.82 Å². The number of hydrogen-bond donors (Lipinski definition) is 1. The van der Waals surface area contributed by atoms with Crippen LogP contribution in [0.25, 0.3) is 11.4 Å². The highest BCUT2D eigenvalue weighted by atomic mass is 16.5. The molecule has 0 fully saturated rings. The first kappa shape index (κ1) is 12.4. The van der Waals surface area contributed by atoms with Crippen LogP contribution >= 0.6 is 0 Å². The number of ether oxygens (including phenoxy) is 1. The van der Waals surface area contributed by atoms with Gasteiger partial charge in [-0.2, -0.15) is 0 Å². The summed E-state index contributed by atoms with van der Waals surface area (Å²) in [6, 6.07) is 7.67. The molecule has 1 heterocycles. The van der Waals surface area contributed by atoms with E-state index in [1.165, 1.54) is 0 Å². The minimum Gasteiger partial charge on any atom is -0.496 e. The predicted octanol–water partition coefficient (Wildman–Crippen LogP) is 2.61. The van der Waals surface area contributed by atoms with E-state index in [0.717, 1.165) is 29.0 Å². The summed E-state index contributed by atoms with van der Waals surface area (Å²) in [5.74, 6) is 1.90. The topological polar surface area (TPSA) is 61.0 Å². The monoisotopic (exact) mass is 243 g/mol. The third kappa shape index (κ3) is 2.14. The van der Waals surface area contributed by atoms with Crippen LogP contribution in [0.5, 0.6) is 5.75 Å². The average Bonchev–Trinajstić information content (AvgIpc) is 2.41. The van der Waals surface area contributed by atoms with Crippen molar-refractivity contribution in [2.24, 2.45) is 0 Å². The molecular weight excluding hydrogens is 226 g/mol. The molecule has 0 aliphatic carbocycles. The Kier molecular flexibility index (Phi) is 3.46. The molecule has 0 aliphatic heterocycles. The van der Waals surface area contributed by atoms with Gasteiger partial charge in [-0.15, -0.1) is 0 Å². The van der Waals surface area contributed by atoms with Crippen LogP contribution in [0.15, 0.2) is 24.3 Å². The highest BCUT2D eigenvalue weighted by Crippen LogP contribution is 2.28. The lowest BCUT2D eigenvalue weighted by molar-refractivity contribution is 0.416. The van der Waals surface area contributed by atoms with Gasteiger partial charge in [-0.3, -0.25) is 0 Å². The second kappa shape index (κ2) is 5.04. The van der Waals surface area contributed by atoms with Crippen LogP contribution in [0.3, 0.4) is 0 Å². The highest BCUT2D eigenvalue weighted by molar-refractivity contribution is 5.65. The summed E-state index contributed by atoms with van der Waals surface area (Å²) in [6.07, 6.45) is 0.834. The zero-order valence-electron chi connectivity index (χ0n) is 10.9. The van der Waals surface area contributed by atoms with Gasteiger partial charge in [0.1, 0.15) is 11.6 Å². The minimum absolute atomic E-state index is 0.530. The van der Waals surface area contributed by atoms with Gasteiger partial charge in [-0.1, -0.05) is 19.1 Å². The number of hydrogen-bond acceptors (Lipinski definition) is 4. The Morgan fingerprint density at radius 2 is 1.94 bits per heavy atom. The Bertz CT molecular complexity index is 567. The zero-order valence-corrected chi connectivity index (χ0v) is 10.9. The van der Waals surface area contributed by atoms with Crippen LogP contribution in [0.1, 0.15) is 18.2 Å². The summed E-state index contributed by atoms with van der Waals surface area (Å²) in [6.45, 7) is 4.00. The van der Waals surface area contributed by atoms with E-state index in [1.54, 1.807) is 7.11 Å². The Balaban J connectivity index is 2.61. The van der Waals surface area contributed by atoms with Gasteiger partial charge in [0.05, 0.1) is 12.7 Å². The second-order valence-electron chi connectivity index (χ2n) is 4.06. The number of nitrogens with two attached hydrogens (primary N) is 1. The van der Waals surface area contributed by atoms with Gasteiger partial charge in [0, 0.05) is 11.3 Å². The molecule has 0 unspecified atom stereocenters. The molecule has 2 aromatic rings. The van der Waals surface area contributed by atoms with Crippen molar-refractivity contribution in [1.29, 1.82) is 0 Å². The molecule has 0 aliphatic rings. The lowest BCUT2D eigenvalue weighted by atomic mass is 10.1. The van der Waals surface area contributed by atoms with E-state index in [4.69, 9.17) is 10.5 Å². The fourth-order valence-corrected chi connectivity index (χ4v) is 1.88. The second-order valence-corrected chi connectivity index (χ2v) is 4.06. The molecule has 2 rings (SSSR count). The average molecular weight is 243 g/mol. The van der Waals surface area contributed by atoms with Gasteiger partial charge < -0.3 is 10.5 Å². The van der Waals surface area contributed by atoms with Gasteiger partial charge in [0.2, 0.25) is 0 Å². The van der Waals surface area contributed by atoms with Crippen molar-refractivity contribution in [1.82, 2.24) is 9.97 Å². The molecule has 1 aromatic carbocycles. The third-order valence-corrected chi connectivity index (χ3v) is 2.97. The van der Waals surface area contributed by atoms with E-state index in [0.29, 0.717) is 11.6 Å². The Morgan fingerprint density at radius 3 is 2.61 bits per heavy atom. The van der Waals surface area contributed by atoms with Crippen LogP contribution in [0.2, 0.25) is 0 Å². The van der Waals surface area contributed by atoms with E-state index in [1.807, 2.05) is 31.2 Å². The normalized spacial score (nSPS) is 10.4. The summed E-state index contributed by atoms with van der Waals surface area (Å²) >= 11 is 0. The maximum Gasteiger partial charge on any atom is 0.165 e. The number of aromatic nitrogens is 2. The van der Waals surface area contributed by atoms with Crippen LogP contribution < -0.4 is 10.5 Å². The maximum absolute atomic E-state index is 5.93. The SMILES string of the molecule is CCc1nc(-c2ccccc2OC)nc(N)c1C. The summed E-state index contributed by atoms with van der Waals surface area (Å²) < 4.78 is 5.32. The van der Waals surface area contributed by atoms with Crippen LogP contribution in [-0.2, 0) is 6.42 Å². The van der Waals surface area contributed by atoms with Crippen LogP contribution in [0, 0.1) is 6.92 Å². The first-order valence-corrected chi connectivity index (χ1v) is 5.93. The van der Waals surface area contributed by atoms with Crippen molar-refractivity contribution in [2.45, 2.75) is 20.3 Å². The Morgan fingerprint density at radius 1 is 1.22 bits per heavy atom. The van der Waals surface area contributed by atoms with E-state index < -0.39 is 0 Å². The number of aryl methyl sites for hydroxylation is 1. The first-order valence-electron chi connectivity index (χ1n) is 5.93. The van der Waals surface area contributed by atoms with E-state index in [2.05, 4.69) is 16.9 Å². The van der Waals surface area contributed by atoms with E-state index in [-0.39, 0.29) is 0 Å². The number of methoxy groups -OCH3 is 1. The smallest absolute Gasteiger partial charge is 0.165 e. The molecule has 2 N–H and O–H groups in total. The quantitative estimate of drug-likeness (QED) is 0.900. The molecular formula is C14H17N3O. The molecule has 0 spiro atoms. The van der Waals surface area contributed by atoms with Crippen molar-refractivity contribution in [3.05, 3.63) is 35.5 Å². The Hall–Kier alpha value is -2.10. The van der Waals surface area contributed by atoms with Gasteiger partial charge in [-0.25, -0.2) is 9.97 Å². The summed E-state index contributed by atoms with van der Waals surface area (Å²) in [7, 11) is 1.64. The third-order valence-electron chi connectivity index (χ3n) is 2.97. The molecule has 0 radical (unpaired) electrons. The molecule has 0 saturated heterocycles. The van der Waals surface area contributed by atoms with Crippen LogP contribution in [-0.4, -0.2) is 17.1 Å². The number of nitrogen functional groups attached to an aromatic ring is 1. The summed E-state index contributed by atoms with van der Waals surface area (Å²) in [5, 5.41) is 0. The lowest BCUT2D eigenvalue weighted by Crippen LogP contribution is -2.04. The fraction of sp³-hybridized carbons (Fsp3) is 0.286. The molecule has 0 bridgehead atoms. The van der Waals surface area contributed by atoms with Crippen molar-refractivity contribution < 1.29 is 4.74 Å². The summed E-state index contributed by atoms with van der Waals surface area (Å²) in [5.41, 5.74) is 8.73. The molecule has 0 amide bonds. The molecule has 94 valence electrons. The maximum atomic E-state index is 5.93. The molecule has 0 saturated carbocycles. The van der Waals surface area contributed by atoms with Crippen molar-refractivity contribution in [3.63, 3.8) is 0 Å². The predicted molar refractivity (Wildman–Crippen MR) is 72.5 cm³/mol. The van der Waals surface area contributed by atoms with Crippen molar-refractivity contribution in [3.8, 4) is 17.1 Å². The van der Waals surface area contributed by atoms with Gasteiger partial charge in [-0.05, 0) is 25.5 Å². The van der Waals surface area contributed by atoms with Crippen molar-refractivity contribution in [2.75, 3.05) is 12.8 Å². The highest BCUT2D eigenvalue weighted by Gasteiger charge is 2.12. The standard InChI is InChI=1S/C14H17N3O/c1-4-11-9(2)13(15)17-14(16-11)10-7-5-6-8-12(10)18-3/h5-8H,4H2,1-3H3,(H2,15,16,17). The number of anilines is 1. The van der Waals surface area contributed by atoms with E-state index in [9.17, 15) is 0 Å². The van der Waals surface area contributed by atoms with E-state index >= 15 is 0 Å². The van der Waals surface area contributed by atoms with Gasteiger partial charge in [0.25, 0.3) is 0 Å². The zero-order chi connectivity index (χ0) is 13.1. The largest absolute Gasteiger partial charge is 0.496 e. The molecule has 0 atom stereocenters. The van der Waals surface area contributed by atoms with Gasteiger partial charge in [0.15, 0.2) is 5.82 Å². The van der Waals surface area contributed by atoms with Gasteiger partial charge >= 0.3 is 0 Å². The first-order chi connectivity index (χ1) is 8.67. The number of benzene rings is 1. The van der Waals surface area contributed by atoms with Crippen LogP contribution in [0.4, 0.5) is 5.82 Å². The number of rotatable bonds is 3. The number of para-hydroxylation sites is 1. The molecule has 4 nitrogen and oxygen atoms in total. The molecule has 4 heteroatoms. The Labute approximate surface area is 107 Å². The minimum atomic E-state index is 0.530. The fourth-order valence-electron chi connectivity index (χ4n) is 1.88. The lowest BCUT2D eigenvalue weighted by Gasteiger charge is -2.11. The summed E-state index contributed by atoms with van der Waals surface area (Å²) in [4.78, 5) is 8.91. The molecule has 18 heavy (non-hydrogen) atoms. The molecule has 1 aromatic heterocycles. The number of nitrogens with zero attached hydrogens (tertiary/aromatic N) is 2.